The molecular formula is C13H10ClN3OS. The molecule has 0 aromatic carbocycles. The number of thiophene rings is 1. The van der Waals surface area contributed by atoms with Crippen molar-refractivity contribution in [3.8, 4) is 5.88 Å². The van der Waals surface area contributed by atoms with Gasteiger partial charge >= 0.3 is 0 Å². The number of pyridine rings is 1. The maximum atomic E-state index is 6.14. The molecule has 4 nitrogen and oxygen atoms in total. The maximum Gasteiger partial charge on any atom is 0.212 e. The molecule has 0 aliphatic carbocycles. The Morgan fingerprint density at radius 3 is 2.89 bits per heavy atom. The van der Waals surface area contributed by atoms with Crippen LogP contribution < -0.4 is 4.74 Å². The Kier molecular flexibility index (Phi) is 3.31. The predicted octanol–water partition coefficient (Wildman–Crippen LogP) is 3.34. The van der Waals surface area contributed by atoms with E-state index in [0.717, 1.165) is 15.8 Å². The first-order chi connectivity index (χ1) is 9.26. The molecule has 0 radical (unpaired) electrons. The number of halogens is 1. The number of methoxy groups -OCH3 is 1. The Labute approximate surface area is 119 Å². The Bertz CT molecular complexity index is 711. The molecule has 0 saturated heterocycles. The van der Waals surface area contributed by atoms with Gasteiger partial charge in [0.15, 0.2) is 0 Å². The van der Waals surface area contributed by atoms with Crippen molar-refractivity contribution in [2.24, 2.45) is 0 Å². The van der Waals surface area contributed by atoms with Crippen LogP contribution in [-0.2, 0) is 6.42 Å². The topological polar surface area (TPSA) is 47.9 Å². The average molecular weight is 292 g/mol. The number of hydrogen-bond donors (Lipinski definition) is 0. The largest absolute Gasteiger partial charge is 0.481 e. The van der Waals surface area contributed by atoms with E-state index in [4.69, 9.17) is 16.3 Å². The first-order valence-corrected chi connectivity index (χ1v) is 6.90. The molecule has 0 atom stereocenters. The van der Waals surface area contributed by atoms with Crippen molar-refractivity contribution in [3.63, 3.8) is 0 Å². The van der Waals surface area contributed by atoms with Gasteiger partial charge in [-0.15, -0.1) is 11.3 Å². The van der Waals surface area contributed by atoms with Crippen molar-refractivity contribution in [3.05, 3.63) is 46.3 Å². The molecule has 0 fully saturated rings. The molecule has 3 aromatic heterocycles. The van der Waals surface area contributed by atoms with Crippen molar-refractivity contribution in [2.75, 3.05) is 7.11 Å². The second kappa shape index (κ2) is 5.11. The summed E-state index contributed by atoms with van der Waals surface area (Å²) < 4.78 is 5.02. The molecule has 96 valence electrons. The summed E-state index contributed by atoms with van der Waals surface area (Å²) in [5.41, 5.74) is 1.02. The quantitative estimate of drug-likeness (QED) is 0.695. The second-order valence-electron chi connectivity index (χ2n) is 3.96. The van der Waals surface area contributed by atoms with Crippen molar-refractivity contribution in [2.45, 2.75) is 6.42 Å². The van der Waals surface area contributed by atoms with Crippen molar-refractivity contribution >= 4 is 33.2 Å². The molecule has 3 rings (SSSR count). The molecular weight excluding hydrogens is 282 g/mol. The monoisotopic (exact) mass is 291 g/mol. The van der Waals surface area contributed by atoms with Crippen LogP contribution in [0.2, 0.25) is 5.15 Å². The second-order valence-corrected chi connectivity index (χ2v) is 5.21. The van der Waals surface area contributed by atoms with Crippen LogP contribution in [0.4, 0.5) is 0 Å². The van der Waals surface area contributed by atoms with Crippen LogP contribution in [0.25, 0.3) is 10.2 Å². The molecule has 0 spiro atoms. The van der Waals surface area contributed by atoms with E-state index in [9.17, 15) is 0 Å². The van der Waals surface area contributed by atoms with Crippen LogP contribution in [0, 0.1) is 0 Å². The van der Waals surface area contributed by atoms with E-state index < -0.39 is 0 Å². The van der Waals surface area contributed by atoms with Gasteiger partial charge in [0, 0.05) is 24.1 Å². The number of aromatic nitrogens is 3. The summed E-state index contributed by atoms with van der Waals surface area (Å²) in [5.74, 6) is 1.29. The predicted molar refractivity (Wildman–Crippen MR) is 76.0 cm³/mol. The van der Waals surface area contributed by atoms with Gasteiger partial charge in [0.2, 0.25) is 5.88 Å². The zero-order valence-corrected chi connectivity index (χ0v) is 11.7. The smallest absolute Gasteiger partial charge is 0.212 e. The van der Waals surface area contributed by atoms with Gasteiger partial charge in [-0.2, -0.15) is 0 Å². The molecule has 0 N–H and O–H groups in total. The van der Waals surface area contributed by atoms with E-state index in [2.05, 4.69) is 15.0 Å². The summed E-state index contributed by atoms with van der Waals surface area (Å²) >= 11 is 7.70. The summed E-state index contributed by atoms with van der Waals surface area (Å²) in [5, 5.41) is 3.37. The number of ether oxygens (including phenoxy) is 1. The summed E-state index contributed by atoms with van der Waals surface area (Å²) in [6.45, 7) is 0. The van der Waals surface area contributed by atoms with Gasteiger partial charge in [-0.25, -0.2) is 15.0 Å². The molecule has 0 unspecified atom stereocenters. The zero-order chi connectivity index (χ0) is 13.2. The minimum Gasteiger partial charge on any atom is -0.481 e. The van der Waals surface area contributed by atoms with E-state index in [0.29, 0.717) is 23.3 Å². The van der Waals surface area contributed by atoms with Gasteiger partial charge in [-0.1, -0.05) is 17.7 Å². The molecule has 6 heteroatoms. The molecule has 3 heterocycles. The van der Waals surface area contributed by atoms with Crippen LogP contribution in [0.5, 0.6) is 5.88 Å². The lowest BCUT2D eigenvalue weighted by Gasteiger charge is -2.03. The van der Waals surface area contributed by atoms with Gasteiger partial charge in [-0.05, 0) is 17.0 Å². The zero-order valence-electron chi connectivity index (χ0n) is 10.1. The molecule has 0 saturated carbocycles. The van der Waals surface area contributed by atoms with Crippen LogP contribution >= 0.6 is 22.9 Å². The van der Waals surface area contributed by atoms with Gasteiger partial charge < -0.3 is 4.74 Å². The maximum absolute atomic E-state index is 6.14. The molecule has 0 amide bonds. The highest BCUT2D eigenvalue weighted by molar-refractivity contribution is 7.16. The minimum absolute atomic E-state index is 0.503. The summed E-state index contributed by atoms with van der Waals surface area (Å²) in [6, 6.07) is 5.70. The van der Waals surface area contributed by atoms with Crippen LogP contribution in [-0.4, -0.2) is 22.1 Å². The highest BCUT2D eigenvalue weighted by Gasteiger charge is 2.08. The third kappa shape index (κ3) is 2.52. The van der Waals surface area contributed by atoms with Gasteiger partial charge in [-0.3, -0.25) is 0 Å². The Balaban J connectivity index is 1.91. The minimum atomic E-state index is 0.503. The number of hydrogen-bond acceptors (Lipinski definition) is 5. The van der Waals surface area contributed by atoms with E-state index >= 15 is 0 Å². The molecule has 0 bridgehead atoms. The Morgan fingerprint density at radius 1 is 1.26 bits per heavy atom. The lowest BCUT2D eigenvalue weighted by molar-refractivity contribution is 0.397. The van der Waals surface area contributed by atoms with Crippen molar-refractivity contribution in [1.82, 2.24) is 15.0 Å². The van der Waals surface area contributed by atoms with Gasteiger partial charge in [0.25, 0.3) is 0 Å². The van der Waals surface area contributed by atoms with E-state index in [1.165, 1.54) is 0 Å². The van der Waals surface area contributed by atoms with Crippen LogP contribution in [0.1, 0.15) is 11.4 Å². The first-order valence-electron chi connectivity index (χ1n) is 5.65. The lowest BCUT2D eigenvalue weighted by atomic mass is 10.2. The van der Waals surface area contributed by atoms with Gasteiger partial charge in [0.1, 0.15) is 15.8 Å². The molecule has 0 aliphatic rings. The number of rotatable bonds is 3. The fraction of sp³-hybridized carbons (Fsp3) is 0.154. The molecule has 19 heavy (non-hydrogen) atoms. The van der Waals surface area contributed by atoms with E-state index in [1.54, 1.807) is 24.6 Å². The lowest BCUT2D eigenvalue weighted by Crippen LogP contribution is -1.98. The SMILES string of the molecule is COc1ccc(Cc2nc(Cl)c3ccsc3n2)cn1. The van der Waals surface area contributed by atoms with Gasteiger partial charge in [0.05, 0.1) is 7.11 Å². The van der Waals surface area contributed by atoms with E-state index in [1.807, 2.05) is 23.6 Å². The third-order valence-electron chi connectivity index (χ3n) is 2.69. The number of nitrogens with zero attached hydrogens (tertiary/aromatic N) is 3. The summed E-state index contributed by atoms with van der Waals surface area (Å²) in [6.07, 6.45) is 2.36. The average Bonchev–Trinajstić information content (AvgIpc) is 2.88. The molecule has 0 aliphatic heterocycles. The van der Waals surface area contributed by atoms with E-state index in [-0.39, 0.29) is 0 Å². The normalized spacial score (nSPS) is 10.8. The third-order valence-corrected chi connectivity index (χ3v) is 3.79. The fourth-order valence-corrected chi connectivity index (χ4v) is 2.85. The Hall–Kier alpha value is -1.72. The van der Waals surface area contributed by atoms with Crippen molar-refractivity contribution < 1.29 is 4.74 Å². The summed E-state index contributed by atoms with van der Waals surface area (Å²) in [4.78, 5) is 13.9. The highest BCUT2D eigenvalue weighted by Crippen LogP contribution is 2.25. The van der Waals surface area contributed by atoms with Crippen LogP contribution in [0.15, 0.2) is 29.8 Å². The highest BCUT2D eigenvalue weighted by atomic mass is 35.5. The fourth-order valence-electron chi connectivity index (χ4n) is 1.76. The van der Waals surface area contributed by atoms with Crippen molar-refractivity contribution in [1.29, 1.82) is 0 Å². The molecule has 3 aromatic rings. The Morgan fingerprint density at radius 2 is 2.16 bits per heavy atom. The number of fused-ring (bicyclic) bond motifs is 1. The standard InChI is InChI=1S/C13H10ClN3OS/c1-18-11-3-2-8(7-15-11)6-10-16-12(14)9-4-5-19-13(9)17-10/h2-5,7H,6H2,1H3. The van der Waals surface area contributed by atoms with Crippen LogP contribution in [0.3, 0.4) is 0 Å². The summed E-state index contributed by atoms with van der Waals surface area (Å²) in [7, 11) is 1.59. The first kappa shape index (κ1) is 12.3.